The third-order valence-corrected chi connectivity index (χ3v) is 5.73. The maximum atomic E-state index is 12.6. The molecule has 1 amide bonds. The fraction of sp³-hybridized carbons (Fsp3) is 0.632. The van der Waals surface area contributed by atoms with Gasteiger partial charge in [-0.1, -0.05) is 30.3 Å². The maximum absolute atomic E-state index is 12.6. The molecule has 0 unspecified atom stereocenters. The number of hydrogen-bond donors (Lipinski definition) is 2. The van der Waals surface area contributed by atoms with Crippen LogP contribution in [0.2, 0.25) is 0 Å². The molecule has 2 fully saturated rings. The first-order chi connectivity index (χ1) is 11.6. The molecule has 1 aromatic carbocycles. The monoisotopic (exact) mass is 332 g/mol. The van der Waals surface area contributed by atoms with E-state index < -0.39 is 6.04 Å². The minimum atomic E-state index is -0.504. The number of carbonyl (C=O) groups is 1. The van der Waals surface area contributed by atoms with Crippen LogP contribution in [0.3, 0.4) is 0 Å². The van der Waals surface area contributed by atoms with Gasteiger partial charge in [0.2, 0.25) is 5.91 Å². The molecule has 5 heteroatoms. The first kappa shape index (κ1) is 17.4. The number of hydrogen-bond acceptors (Lipinski definition) is 4. The molecule has 0 aromatic heterocycles. The van der Waals surface area contributed by atoms with Crippen molar-refractivity contribution in [2.24, 2.45) is 11.1 Å². The molecule has 1 spiro atoms. The number of carbonyl (C=O) groups excluding carboxylic acids is 1. The normalized spacial score (nSPS) is 26.9. The van der Waals surface area contributed by atoms with Crippen molar-refractivity contribution in [1.82, 2.24) is 4.90 Å². The summed E-state index contributed by atoms with van der Waals surface area (Å²) in [6, 6.07) is 9.37. The molecule has 132 valence electrons. The summed E-state index contributed by atoms with van der Waals surface area (Å²) in [7, 11) is 0. The summed E-state index contributed by atoms with van der Waals surface area (Å²) in [5.74, 6) is 0.00970. The summed E-state index contributed by atoms with van der Waals surface area (Å²) >= 11 is 0. The van der Waals surface area contributed by atoms with Crippen LogP contribution in [-0.2, 0) is 16.0 Å². The zero-order chi connectivity index (χ0) is 17.2. The first-order valence-electron chi connectivity index (χ1n) is 8.95. The Morgan fingerprint density at radius 2 is 2.04 bits per heavy atom. The summed E-state index contributed by atoms with van der Waals surface area (Å²) < 4.78 is 5.78. The van der Waals surface area contributed by atoms with Crippen LogP contribution in [0.15, 0.2) is 30.3 Å². The van der Waals surface area contributed by atoms with Gasteiger partial charge in [0, 0.05) is 31.5 Å². The summed E-state index contributed by atoms with van der Waals surface area (Å²) in [4.78, 5) is 14.5. The van der Waals surface area contributed by atoms with Crippen molar-refractivity contribution in [3.8, 4) is 0 Å². The second-order valence-electron chi connectivity index (χ2n) is 7.05. The Morgan fingerprint density at radius 1 is 1.38 bits per heavy atom. The molecule has 2 aliphatic rings. The second-order valence-corrected chi connectivity index (χ2v) is 7.05. The van der Waals surface area contributed by atoms with Crippen LogP contribution in [0, 0.1) is 5.41 Å². The zero-order valence-electron chi connectivity index (χ0n) is 14.4. The smallest absolute Gasteiger partial charge is 0.239 e. The number of nitrogens with zero attached hydrogens (tertiary/aromatic N) is 1. The van der Waals surface area contributed by atoms with Crippen LogP contribution < -0.4 is 5.73 Å². The maximum Gasteiger partial charge on any atom is 0.239 e. The van der Waals surface area contributed by atoms with Crippen LogP contribution in [0.4, 0.5) is 0 Å². The molecule has 1 saturated carbocycles. The van der Waals surface area contributed by atoms with Gasteiger partial charge >= 0.3 is 0 Å². The lowest BCUT2D eigenvalue weighted by atomic mass is 9.58. The van der Waals surface area contributed by atoms with Gasteiger partial charge in [-0.3, -0.25) is 4.79 Å². The van der Waals surface area contributed by atoms with Crippen LogP contribution in [-0.4, -0.2) is 53.9 Å². The van der Waals surface area contributed by atoms with E-state index in [1.54, 1.807) is 0 Å². The van der Waals surface area contributed by atoms with Gasteiger partial charge in [0.15, 0.2) is 0 Å². The summed E-state index contributed by atoms with van der Waals surface area (Å²) in [6.07, 6.45) is 2.70. The molecule has 1 aliphatic carbocycles. The Labute approximate surface area is 143 Å². The highest BCUT2D eigenvalue weighted by molar-refractivity contribution is 5.82. The number of ether oxygens (including phenoxy) is 1. The molecule has 3 N–H and O–H groups in total. The van der Waals surface area contributed by atoms with Crippen molar-refractivity contribution >= 4 is 5.91 Å². The highest BCUT2D eigenvalue weighted by Crippen LogP contribution is 2.50. The van der Waals surface area contributed by atoms with E-state index in [1.165, 1.54) is 0 Å². The van der Waals surface area contributed by atoms with E-state index in [4.69, 9.17) is 10.5 Å². The van der Waals surface area contributed by atoms with Gasteiger partial charge in [-0.15, -0.1) is 0 Å². The van der Waals surface area contributed by atoms with Crippen LogP contribution in [0.25, 0.3) is 0 Å². The van der Waals surface area contributed by atoms with E-state index in [1.807, 2.05) is 42.2 Å². The largest absolute Gasteiger partial charge is 0.392 e. The fourth-order valence-corrected chi connectivity index (χ4v) is 4.15. The van der Waals surface area contributed by atoms with E-state index in [0.29, 0.717) is 26.1 Å². The van der Waals surface area contributed by atoms with E-state index in [-0.39, 0.29) is 23.5 Å². The predicted octanol–water partition coefficient (Wildman–Crippen LogP) is 1.33. The molecule has 1 aliphatic heterocycles. The Bertz CT molecular complexity index is 553. The number of likely N-dealkylation sites (tertiary alicyclic amines) is 1. The molecule has 0 bridgehead atoms. The standard InChI is InChI=1S/C19H28N2O3/c1-2-24-17-13-16(22)19(17)8-10-21(11-9-19)18(23)15(20)12-14-6-4-3-5-7-14/h3-7,15-17,22H,2,8-13,20H2,1H3/t15-,16+,17+/m0/s1. The Balaban J connectivity index is 1.55. The number of rotatable bonds is 5. The van der Waals surface area contributed by atoms with Crippen LogP contribution in [0.5, 0.6) is 0 Å². The molecule has 1 heterocycles. The lowest BCUT2D eigenvalue weighted by Crippen LogP contribution is -2.63. The van der Waals surface area contributed by atoms with Gasteiger partial charge < -0.3 is 20.5 Å². The van der Waals surface area contributed by atoms with E-state index in [9.17, 15) is 9.90 Å². The van der Waals surface area contributed by atoms with Crippen LogP contribution in [0.1, 0.15) is 31.7 Å². The van der Waals surface area contributed by atoms with Crippen molar-refractivity contribution in [3.63, 3.8) is 0 Å². The molecule has 24 heavy (non-hydrogen) atoms. The number of aliphatic hydroxyl groups is 1. The van der Waals surface area contributed by atoms with E-state index in [0.717, 1.165) is 24.8 Å². The average Bonchev–Trinajstić information content (AvgIpc) is 2.62. The van der Waals surface area contributed by atoms with Crippen molar-refractivity contribution in [2.45, 2.75) is 50.9 Å². The highest BCUT2D eigenvalue weighted by Gasteiger charge is 2.56. The fourth-order valence-electron chi connectivity index (χ4n) is 4.15. The molecular formula is C19H28N2O3. The number of aliphatic hydroxyl groups excluding tert-OH is 1. The van der Waals surface area contributed by atoms with Crippen molar-refractivity contribution in [1.29, 1.82) is 0 Å². The quantitative estimate of drug-likeness (QED) is 0.853. The van der Waals surface area contributed by atoms with Gasteiger partial charge in [-0.25, -0.2) is 0 Å². The van der Waals surface area contributed by atoms with Gasteiger partial charge in [0.25, 0.3) is 0 Å². The lowest BCUT2D eigenvalue weighted by molar-refractivity contribution is -0.210. The van der Waals surface area contributed by atoms with Crippen molar-refractivity contribution in [3.05, 3.63) is 35.9 Å². The minimum Gasteiger partial charge on any atom is -0.392 e. The Morgan fingerprint density at radius 3 is 2.62 bits per heavy atom. The molecule has 0 radical (unpaired) electrons. The second kappa shape index (κ2) is 7.21. The molecule has 1 aromatic rings. The summed E-state index contributed by atoms with van der Waals surface area (Å²) in [6.45, 7) is 3.97. The summed E-state index contributed by atoms with van der Waals surface area (Å²) in [5.41, 5.74) is 7.06. The number of benzene rings is 1. The third-order valence-electron chi connectivity index (χ3n) is 5.73. The Hall–Kier alpha value is -1.43. The minimum absolute atomic E-state index is 0.00970. The molecule has 3 atom stereocenters. The van der Waals surface area contributed by atoms with E-state index >= 15 is 0 Å². The molecular weight excluding hydrogens is 304 g/mol. The molecule has 1 saturated heterocycles. The Kier molecular flexibility index (Phi) is 5.23. The molecule has 5 nitrogen and oxygen atoms in total. The van der Waals surface area contributed by atoms with Crippen molar-refractivity contribution in [2.75, 3.05) is 19.7 Å². The van der Waals surface area contributed by atoms with Gasteiger partial charge in [0.1, 0.15) is 0 Å². The highest BCUT2D eigenvalue weighted by atomic mass is 16.5. The zero-order valence-corrected chi connectivity index (χ0v) is 14.4. The topological polar surface area (TPSA) is 75.8 Å². The number of nitrogens with two attached hydrogens (primary N) is 1. The lowest BCUT2D eigenvalue weighted by Gasteiger charge is -2.56. The third kappa shape index (κ3) is 3.21. The number of amides is 1. The van der Waals surface area contributed by atoms with E-state index in [2.05, 4.69) is 0 Å². The number of piperidine rings is 1. The summed E-state index contributed by atoms with van der Waals surface area (Å²) in [5, 5.41) is 10.2. The average molecular weight is 332 g/mol. The van der Waals surface area contributed by atoms with Crippen LogP contribution >= 0.6 is 0 Å². The SMILES string of the molecule is CCO[C@@H]1C[C@@H](O)C12CCN(C(=O)[C@@H](N)Cc1ccccc1)CC2. The predicted molar refractivity (Wildman–Crippen MR) is 92.4 cm³/mol. The first-order valence-corrected chi connectivity index (χ1v) is 8.95. The van der Waals surface area contributed by atoms with Gasteiger partial charge in [-0.05, 0) is 31.7 Å². The van der Waals surface area contributed by atoms with Crippen molar-refractivity contribution < 1.29 is 14.6 Å². The van der Waals surface area contributed by atoms with Gasteiger partial charge in [-0.2, -0.15) is 0 Å². The molecule has 3 rings (SSSR count). The van der Waals surface area contributed by atoms with Gasteiger partial charge in [0.05, 0.1) is 18.2 Å².